The molecular formula is C13H17NO3. The molecule has 0 aromatic heterocycles. The molecular weight excluding hydrogens is 218 g/mol. The molecule has 0 atom stereocenters. The van der Waals surface area contributed by atoms with E-state index in [-0.39, 0.29) is 5.56 Å². The van der Waals surface area contributed by atoms with Gasteiger partial charge in [-0.15, -0.1) is 6.58 Å². The Kier molecular flexibility index (Phi) is 5.23. The van der Waals surface area contributed by atoms with Crippen LogP contribution in [-0.4, -0.2) is 42.7 Å². The topological polar surface area (TPSA) is 49.8 Å². The predicted molar refractivity (Wildman–Crippen MR) is 66.6 cm³/mol. The normalized spacial score (nSPS) is 10.2. The summed E-state index contributed by atoms with van der Waals surface area (Å²) in [6.45, 7) is 5.84. The lowest BCUT2D eigenvalue weighted by Crippen LogP contribution is -2.24. The van der Waals surface area contributed by atoms with Crippen LogP contribution in [0.5, 0.6) is 5.75 Å². The van der Waals surface area contributed by atoms with Crippen LogP contribution in [0.15, 0.2) is 36.9 Å². The van der Waals surface area contributed by atoms with Crippen molar-refractivity contribution >= 4 is 5.97 Å². The lowest BCUT2D eigenvalue weighted by Gasteiger charge is -2.14. The van der Waals surface area contributed by atoms with Crippen molar-refractivity contribution in [2.45, 2.75) is 0 Å². The fourth-order valence-corrected chi connectivity index (χ4v) is 1.32. The molecule has 0 unspecified atom stereocenters. The van der Waals surface area contributed by atoms with Crippen LogP contribution in [0.3, 0.4) is 0 Å². The van der Waals surface area contributed by atoms with Gasteiger partial charge in [-0.2, -0.15) is 0 Å². The maximum absolute atomic E-state index is 10.6. The molecule has 0 amide bonds. The Labute approximate surface area is 101 Å². The van der Waals surface area contributed by atoms with E-state index in [1.54, 1.807) is 12.1 Å². The Morgan fingerprint density at radius 1 is 1.47 bits per heavy atom. The zero-order valence-corrected chi connectivity index (χ0v) is 9.93. The average molecular weight is 235 g/mol. The third-order valence-electron chi connectivity index (χ3n) is 2.28. The third kappa shape index (κ3) is 4.70. The number of hydrogen-bond donors (Lipinski definition) is 1. The molecule has 1 N–H and O–H groups in total. The van der Waals surface area contributed by atoms with Crippen molar-refractivity contribution in [1.82, 2.24) is 4.90 Å². The highest BCUT2D eigenvalue weighted by atomic mass is 16.5. The van der Waals surface area contributed by atoms with E-state index in [9.17, 15) is 4.79 Å². The van der Waals surface area contributed by atoms with Crippen molar-refractivity contribution in [1.29, 1.82) is 0 Å². The van der Waals surface area contributed by atoms with E-state index in [1.165, 1.54) is 12.1 Å². The second-order valence-electron chi connectivity index (χ2n) is 3.73. The number of benzene rings is 1. The van der Waals surface area contributed by atoms with E-state index >= 15 is 0 Å². The van der Waals surface area contributed by atoms with Gasteiger partial charge in [-0.25, -0.2) is 4.79 Å². The van der Waals surface area contributed by atoms with Crippen molar-refractivity contribution in [3.63, 3.8) is 0 Å². The zero-order valence-electron chi connectivity index (χ0n) is 9.93. The van der Waals surface area contributed by atoms with Crippen LogP contribution in [0, 0.1) is 0 Å². The van der Waals surface area contributed by atoms with E-state index in [0.29, 0.717) is 12.4 Å². The molecule has 1 aromatic rings. The highest BCUT2D eigenvalue weighted by Gasteiger charge is 2.02. The Morgan fingerprint density at radius 3 is 2.65 bits per heavy atom. The molecule has 0 saturated carbocycles. The van der Waals surface area contributed by atoms with Crippen LogP contribution in [0.4, 0.5) is 0 Å². The number of likely N-dealkylation sites (N-methyl/N-ethyl adjacent to an activating group) is 1. The molecule has 0 fully saturated rings. The maximum atomic E-state index is 10.6. The minimum Gasteiger partial charge on any atom is -0.492 e. The summed E-state index contributed by atoms with van der Waals surface area (Å²) in [5, 5.41) is 8.73. The van der Waals surface area contributed by atoms with E-state index in [4.69, 9.17) is 9.84 Å². The summed E-state index contributed by atoms with van der Waals surface area (Å²) in [6, 6.07) is 6.39. The molecule has 0 saturated heterocycles. The van der Waals surface area contributed by atoms with Crippen LogP contribution in [0.1, 0.15) is 10.4 Å². The van der Waals surface area contributed by atoms with Crippen LogP contribution < -0.4 is 4.74 Å². The number of hydrogen-bond acceptors (Lipinski definition) is 3. The van der Waals surface area contributed by atoms with Crippen molar-refractivity contribution < 1.29 is 14.6 Å². The van der Waals surface area contributed by atoms with E-state index < -0.39 is 5.97 Å². The fourth-order valence-electron chi connectivity index (χ4n) is 1.32. The summed E-state index contributed by atoms with van der Waals surface area (Å²) in [4.78, 5) is 12.7. The molecule has 0 aliphatic heterocycles. The van der Waals surface area contributed by atoms with Crippen LogP contribution in [-0.2, 0) is 0 Å². The molecule has 0 spiro atoms. The Morgan fingerprint density at radius 2 is 2.12 bits per heavy atom. The second-order valence-corrected chi connectivity index (χ2v) is 3.73. The molecule has 0 heterocycles. The molecule has 0 aliphatic carbocycles. The van der Waals surface area contributed by atoms with Gasteiger partial charge in [-0.05, 0) is 31.3 Å². The van der Waals surface area contributed by atoms with Gasteiger partial charge in [0.05, 0.1) is 5.56 Å². The van der Waals surface area contributed by atoms with Gasteiger partial charge in [0.25, 0.3) is 0 Å². The first-order chi connectivity index (χ1) is 8.13. The summed E-state index contributed by atoms with van der Waals surface area (Å²) in [6.07, 6.45) is 1.83. The van der Waals surface area contributed by atoms with Crippen molar-refractivity contribution in [3.8, 4) is 5.75 Å². The molecule has 0 radical (unpaired) electrons. The molecule has 1 rings (SSSR count). The number of rotatable bonds is 7. The van der Waals surface area contributed by atoms with Gasteiger partial charge in [-0.1, -0.05) is 6.08 Å². The Hall–Kier alpha value is -1.81. The lowest BCUT2D eigenvalue weighted by atomic mass is 10.2. The summed E-state index contributed by atoms with van der Waals surface area (Å²) in [5.41, 5.74) is 0.265. The summed E-state index contributed by atoms with van der Waals surface area (Å²) in [5.74, 6) is -0.246. The number of aromatic carboxylic acids is 1. The van der Waals surface area contributed by atoms with Gasteiger partial charge >= 0.3 is 5.97 Å². The largest absolute Gasteiger partial charge is 0.492 e. The fraction of sp³-hybridized carbons (Fsp3) is 0.308. The number of carboxylic acids is 1. The van der Waals surface area contributed by atoms with Crippen LogP contribution >= 0.6 is 0 Å². The number of carbonyl (C=O) groups is 1. The average Bonchev–Trinajstić information content (AvgIpc) is 2.30. The molecule has 0 bridgehead atoms. The molecule has 4 nitrogen and oxygen atoms in total. The van der Waals surface area contributed by atoms with E-state index in [1.807, 2.05) is 13.1 Å². The highest BCUT2D eigenvalue weighted by molar-refractivity contribution is 5.87. The first-order valence-corrected chi connectivity index (χ1v) is 5.39. The first kappa shape index (κ1) is 13.3. The molecule has 92 valence electrons. The summed E-state index contributed by atoms with van der Waals surface area (Å²) < 4.78 is 5.49. The minimum atomic E-state index is -0.928. The maximum Gasteiger partial charge on any atom is 0.335 e. The number of nitrogens with zero attached hydrogens (tertiary/aromatic N) is 1. The van der Waals surface area contributed by atoms with Crippen molar-refractivity contribution in [3.05, 3.63) is 42.5 Å². The zero-order chi connectivity index (χ0) is 12.7. The standard InChI is InChI=1S/C13H17NO3/c1-3-8-14(2)9-10-17-12-6-4-11(5-7-12)13(15)16/h3-7H,1,8-10H2,2H3,(H,15,16). The van der Waals surface area contributed by atoms with Gasteiger partial charge in [0.1, 0.15) is 12.4 Å². The molecule has 4 heteroatoms. The van der Waals surface area contributed by atoms with Gasteiger partial charge in [-0.3, -0.25) is 4.90 Å². The van der Waals surface area contributed by atoms with Crippen molar-refractivity contribution in [2.75, 3.05) is 26.7 Å². The first-order valence-electron chi connectivity index (χ1n) is 5.39. The second kappa shape index (κ2) is 6.70. The molecule has 1 aromatic carbocycles. The molecule has 17 heavy (non-hydrogen) atoms. The van der Waals surface area contributed by atoms with Gasteiger partial charge in [0, 0.05) is 13.1 Å². The number of ether oxygens (including phenoxy) is 1. The Balaban J connectivity index is 2.37. The monoisotopic (exact) mass is 235 g/mol. The van der Waals surface area contributed by atoms with Crippen molar-refractivity contribution in [2.24, 2.45) is 0 Å². The van der Waals surface area contributed by atoms with E-state index in [2.05, 4.69) is 11.5 Å². The summed E-state index contributed by atoms with van der Waals surface area (Å²) in [7, 11) is 1.98. The SMILES string of the molecule is C=CCN(C)CCOc1ccc(C(=O)O)cc1. The minimum absolute atomic E-state index is 0.265. The van der Waals surface area contributed by atoms with E-state index in [0.717, 1.165) is 13.1 Å². The van der Waals surface area contributed by atoms with Crippen LogP contribution in [0.25, 0.3) is 0 Å². The smallest absolute Gasteiger partial charge is 0.335 e. The summed E-state index contributed by atoms with van der Waals surface area (Å²) >= 11 is 0. The highest BCUT2D eigenvalue weighted by Crippen LogP contribution is 2.11. The third-order valence-corrected chi connectivity index (χ3v) is 2.28. The molecule has 0 aliphatic rings. The predicted octanol–water partition coefficient (Wildman–Crippen LogP) is 1.88. The Bertz CT molecular complexity index is 373. The van der Waals surface area contributed by atoms with Gasteiger partial charge < -0.3 is 9.84 Å². The lowest BCUT2D eigenvalue weighted by molar-refractivity contribution is 0.0697. The quantitative estimate of drug-likeness (QED) is 0.733. The number of carboxylic acid groups (broad SMARTS) is 1. The van der Waals surface area contributed by atoms with Crippen LogP contribution in [0.2, 0.25) is 0 Å². The van der Waals surface area contributed by atoms with Gasteiger partial charge in [0.2, 0.25) is 0 Å². The van der Waals surface area contributed by atoms with Gasteiger partial charge in [0.15, 0.2) is 0 Å².